The highest BCUT2D eigenvalue weighted by Gasteiger charge is 2.41. The first kappa shape index (κ1) is 14.8. The molecule has 0 bridgehead atoms. The zero-order chi connectivity index (χ0) is 14.4. The number of nitrogens with zero attached hydrogens (tertiary/aromatic N) is 1. The molecule has 108 valence electrons. The molecule has 0 saturated heterocycles. The standard InChI is InChI=1S/C16H22N2O2/c1-13(18-12-16(6-7-16)8-10-19)14-2-4-15(5-3-14)20-11-9-17/h2-5,13,18-19H,6-8,10-12H2,1H3. The van der Waals surface area contributed by atoms with Crippen LogP contribution in [0.3, 0.4) is 0 Å². The largest absolute Gasteiger partial charge is 0.479 e. The van der Waals surface area contributed by atoms with Crippen molar-refractivity contribution in [2.24, 2.45) is 5.41 Å². The molecule has 1 aliphatic carbocycles. The van der Waals surface area contributed by atoms with Crippen LogP contribution in [-0.2, 0) is 0 Å². The highest BCUT2D eigenvalue weighted by molar-refractivity contribution is 5.29. The van der Waals surface area contributed by atoms with Gasteiger partial charge < -0.3 is 15.2 Å². The summed E-state index contributed by atoms with van der Waals surface area (Å²) in [5, 5.41) is 21.1. The summed E-state index contributed by atoms with van der Waals surface area (Å²) in [4.78, 5) is 0. The molecule has 1 fully saturated rings. The molecule has 1 aromatic rings. The van der Waals surface area contributed by atoms with Crippen LogP contribution in [0.15, 0.2) is 24.3 Å². The second-order valence-electron chi connectivity index (χ2n) is 5.59. The molecule has 1 aromatic carbocycles. The van der Waals surface area contributed by atoms with Crippen LogP contribution < -0.4 is 10.1 Å². The smallest absolute Gasteiger partial charge is 0.174 e. The lowest BCUT2D eigenvalue weighted by molar-refractivity contribution is 0.243. The Morgan fingerprint density at radius 1 is 1.40 bits per heavy atom. The fraction of sp³-hybridized carbons (Fsp3) is 0.562. The highest BCUT2D eigenvalue weighted by atomic mass is 16.5. The van der Waals surface area contributed by atoms with Crippen LogP contribution >= 0.6 is 0 Å². The fourth-order valence-electron chi connectivity index (χ4n) is 2.38. The van der Waals surface area contributed by atoms with E-state index in [-0.39, 0.29) is 19.3 Å². The average molecular weight is 274 g/mol. The Bertz CT molecular complexity index is 460. The molecule has 0 radical (unpaired) electrons. The van der Waals surface area contributed by atoms with Crippen molar-refractivity contribution >= 4 is 0 Å². The summed E-state index contributed by atoms with van der Waals surface area (Å²) in [6.07, 6.45) is 3.33. The van der Waals surface area contributed by atoms with Crippen LogP contribution in [0.2, 0.25) is 0 Å². The lowest BCUT2D eigenvalue weighted by atomic mass is 10.0. The van der Waals surface area contributed by atoms with Gasteiger partial charge in [0.15, 0.2) is 6.61 Å². The molecule has 0 amide bonds. The second kappa shape index (κ2) is 6.74. The minimum absolute atomic E-state index is 0.0802. The van der Waals surface area contributed by atoms with E-state index in [1.165, 1.54) is 18.4 Å². The zero-order valence-electron chi connectivity index (χ0n) is 11.9. The van der Waals surface area contributed by atoms with Crippen molar-refractivity contribution in [3.8, 4) is 11.8 Å². The van der Waals surface area contributed by atoms with Crippen molar-refractivity contribution in [1.82, 2.24) is 5.32 Å². The minimum Gasteiger partial charge on any atom is -0.479 e. The van der Waals surface area contributed by atoms with Gasteiger partial charge >= 0.3 is 0 Å². The van der Waals surface area contributed by atoms with Crippen molar-refractivity contribution in [1.29, 1.82) is 5.26 Å². The summed E-state index contributed by atoms with van der Waals surface area (Å²) in [6.45, 7) is 3.46. The monoisotopic (exact) mass is 274 g/mol. The van der Waals surface area contributed by atoms with E-state index in [1.807, 2.05) is 30.3 Å². The number of nitrogens with one attached hydrogen (secondary N) is 1. The van der Waals surface area contributed by atoms with Crippen molar-refractivity contribution in [3.05, 3.63) is 29.8 Å². The predicted octanol–water partition coefficient (Wildman–Crippen LogP) is 2.40. The third kappa shape index (κ3) is 3.96. The fourth-order valence-corrected chi connectivity index (χ4v) is 2.38. The molecule has 0 aliphatic heterocycles. The van der Waals surface area contributed by atoms with Gasteiger partial charge in [0.1, 0.15) is 11.8 Å². The highest BCUT2D eigenvalue weighted by Crippen LogP contribution is 2.48. The van der Waals surface area contributed by atoms with E-state index in [4.69, 9.17) is 15.1 Å². The van der Waals surface area contributed by atoms with Crippen LogP contribution in [-0.4, -0.2) is 24.9 Å². The maximum atomic E-state index is 9.06. The van der Waals surface area contributed by atoms with E-state index in [0.717, 1.165) is 18.7 Å². The van der Waals surface area contributed by atoms with Gasteiger partial charge in [-0.05, 0) is 49.3 Å². The van der Waals surface area contributed by atoms with E-state index >= 15 is 0 Å². The Kier molecular flexibility index (Phi) is 4.99. The van der Waals surface area contributed by atoms with Gasteiger partial charge in [0.2, 0.25) is 0 Å². The van der Waals surface area contributed by atoms with Crippen LogP contribution in [0.4, 0.5) is 0 Å². The number of aliphatic hydroxyl groups is 1. The molecule has 2 N–H and O–H groups in total. The SMILES string of the molecule is CC(NCC1(CCO)CC1)c1ccc(OCC#N)cc1. The van der Waals surface area contributed by atoms with Gasteiger partial charge in [-0.25, -0.2) is 0 Å². The molecular weight excluding hydrogens is 252 g/mol. The predicted molar refractivity (Wildman–Crippen MR) is 77.3 cm³/mol. The average Bonchev–Trinajstić information content (AvgIpc) is 3.24. The molecule has 1 atom stereocenters. The van der Waals surface area contributed by atoms with E-state index in [9.17, 15) is 0 Å². The quantitative estimate of drug-likeness (QED) is 0.764. The summed E-state index contributed by atoms with van der Waals surface area (Å²) in [7, 11) is 0. The molecule has 4 heteroatoms. The number of nitriles is 1. The number of hydrogen-bond acceptors (Lipinski definition) is 4. The third-order valence-electron chi connectivity index (χ3n) is 4.07. The third-order valence-corrected chi connectivity index (χ3v) is 4.07. The van der Waals surface area contributed by atoms with Crippen molar-refractivity contribution in [2.45, 2.75) is 32.2 Å². The van der Waals surface area contributed by atoms with Gasteiger partial charge in [0.05, 0.1) is 0 Å². The number of benzene rings is 1. The van der Waals surface area contributed by atoms with Crippen LogP contribution in [0.25, 0.3) is 0 Å². The molecule has 1 saturated carbocycles. The molecular formula is C16H22N2O2. The van der Waals surface area contributed by atoms with Crippen LogP contribution in [0.5, 0.6) is 5.75 Å². The maximum Gasteiger partial charge on any atom is 0.174 e. The molecule has 1 aliphatic rings. The normalized spacial score (nSPS) is 17.2. The molecule has 0 aromatic heterocycles. The summed E-state index contributed by atoms with van der Waals surface area (Å²) < 4.78 is 5.24. The Morgan fingerprint density at radius 3 is 2.65 bits per heavy atom. The number of ether oxygens (including phenoxy) is 1. The topological polar surface area (TPSA) is 65.3 Å². The summed E-state index contributed by atoms with van der Waals surface area (Å²) in [5.74, 6) is 0.724. The van der Waals surface area contributed by atoms with Crippen LogP contribution in [0.1, 0.15) is 37.8 Å². The van der Waals surface area contributed by atoms with Crippen molar-refractivity contribution in [3.63, 3.8) is 0 Å². The summed E-state index contributed by atoms with van der Waals surface area (Å²) in [5.41, 5.74) is 1.54. The Hall–Kier alpha value is -1.57. The Balaban J connectivity index is 1.83. The van der Waals surface area contributed by atoms with E-state index in [0.29, 0.717) is 5.41 Å². The summed E-state index contributed by atoms with van der Waals surface area (Å²) >= 11 is 0. The Morgan fingerprint density at radius 2 is 2.10 bits per heavy atom. The maximum absolute atomic E-state index is 9.06. The summed E-state index contributed by atoms with van der Waals surface area (Å²) in [6, 6.07) is 10.1. The van der Waals surface area contributed by atoms with Crippen molar-refractivity contribution in [2.75, 3.05) is 19.8 Å². The van der Waals surface area contributed by atoms with Crippen molar-refractivity contribution < 1.29 is 9.84 Å². The van der Waals surface area contributed by atoms with Gasteiger partial charge in [-0.3, -0.25) is 0 Å². The molecule has 0 spiro atoms. The molecule has 4 nitrogen and oxygen atoms in total. The minimum atomic E-state index is 0.0802. The van der Waals surface area contributed by atoms with Crippen LogP contribution in [0, 0.1) is 16.7 Å². The molecule has 0 heterocycles. The van der Waals surface area contributed by atoms with Gasteiger partial charge in [-0.2, -0.15) is 5.26 Å². The first-order chi connectivity index (χ1) is 9.69. The van der Waals surface area contributed by atoms with Gasteiger partial charge in [0.25, 0.3) is 0 Å². The molecule has 20 heavy (non-hydrogen) atoms. The molecule has 2 rings (SSSR count). The number of aliphatic hydroxyl groups excluding tert-OH is 1. The first-order valence-electron chi connectivity index (χ1n) is 7.13. The lowest BCUT2D eigenvalue weighted by Crippen LogP contribution is -2.27. The van der Waals surface area contributed by atoms with Gasteiger partial charge in [-0.1, -0.05) is 12.1 Å². The van der Waals surface area contributed by atoms with E-state index in [1.54, 1.807) is 0 Å². The number of hydrogen-bond donors (Lipinski definition) is 2. The van der Waals surface area contributed by atoms with E-state index in [2.05, 4.69) is 12.2 Å². The zero-order valence-corrected chi connectivity index (χ0v) is 11.9. The first-order valence-corrected chi connectivity index (χ1v) is 7.13. The Labute approximate surface area is 120 Å². The van der Waals surface area contributed by atoms with E-state index < -0.39 is 0 Å². The lowest BCUT2D eigenvalue weighted by Gasteiger charge is -2.20. The number of rotatable bonds is 8. The second-order valence-corrected chi connectivity index (χ2v) is 5.59. The van der Waals surface area contributed by atoms with Gasteiger partial charge in [0, 0.05) is 19.2 Å². The molecule has 1 unspecified atom stereocenters. The van der Waals surface area contributed by atoms with Gasteiger partial charge in [-0.15, -0.1) is 0 Å².